The molecule has 0 aliphatic carbocycles. The van der Waals surface area contributed by atoms with Crippen molar-refractivity contribution in [2.45, 2.75) is 13.2 Å². The van der Waals surface area contributed by atoms with Crippen molar-refractivity contribution in [3.63, 3.8) is 0 Å². The van der Waals surface area contributed by atoms with Crippen LogP contribution in [0.25, 0.3) is 0 Å². The van der Waals surface area contributed by atoms with Gasteiger partial charge in [0.2, 0.25) is 0 Å². The number of hydrogen-bond acceptors (Lipinski definition) is 3. The highest BCUT2D eigenvalue weighted by molar-refractivity contribution is 9.10. The SMILES string of the molecule is COc1cc(CNc2ccc(Br)cc2)c(Br)cc1OCc1ccc(F)cc1. The zero-order chi connectivity index (χ0) is 19.2. The highest BCUT2D eigenvalue weighted by atomic mass is 79.9. The molecular weight excluding hydrogens is 477 g/mol. The summed E-state index contributed by atoms with van der Waals surface area (Å²) in [6, 6.07) is 18.1. The van der Waals surface area contributed by atoms with Gasteiger partial charge in [0, 0.05) is 21.2 Å². The molecule has 0 saturated carbocycles. The minimum absolute atomic E-state index is 0.262. The molecule has 0 aliphatic rings. The Morgan fingerprint density at radius 2 is 1.63 bits per heavy atom. The molecule has 0 aromatic heterocycles. The number of rotatable bonds is 7. The molecule has 0 radical (unpaired) electrons. The third-order valence-corrected chi connectivity index (χ3v) is 5.23. The van der Waals surface area contributed by atoms with Crippen LogP contribution < -0.4 is 14.8 Å². The third kappa shape index (κ3) is 5.47. The summed E-state index contributed by atoms with van der Waals surface area (Å²) in [6.07, 6.45) is 0. The molecule has 0 aliphatic heterocycles. The molecule has 0 heterocycles. The van der Waals surface area contributed by atoms with Gasteiger partial charge in [-0.3, -0.25) is 0 Å². The number of nitrogens with one attached hydrogen (secondary N) is 1. The summed E-state index contributed by atoms with van der Waals surface area (Å²) < 4.78 is 26.3. The van der Waals surface area contributed by atoms with Crippen LogP contribution in [0.4, 0.5) is 10.1 Å². The van der Waals surface area contributed by atoms with Gasteiger partial charge in [0.05, 0.1) is 7.11 Å². The Labute approximate surface area is 174 Å². The van der Waals surface area contributed by atoms with Crippen molar-refractivity contribution in [3.05, 3.63) is 86.6 Å². The fourth-order valence-corrected chi connectivity index (χ4v) is 3.22. The first-order chi connectivity index (χ1) is 13.0. The molecule has 3 rings (SSSR count). The summed E-state index contributed by atoms with van der Waals surface area (Å²) in [7, 11) is 1.61. The smallest absolute Gasteiger partial charge is 0.162 e. The molecule has 6 heteroatoms. The van der Waals surface area contributed by atoms with Crippen molar-refractivity contribution in [1.82, 2.24) is 0 Å². The van der Waals surface area contributed by atoms with Gasteiger partial charge in [-0.25, -0.2) is 4.39 Å². The van der Waals surface area contributed by atoms with Crippen LogP contribution in [0.1, 0.15) is 11.1 Å². The first-order valence-electron chi connectivity index (χ1n) is 8.28. The molecule has 3 nitrogen and oxygen atoms in total. The van der Waals surface area contributed by atoms with Crippen LogP contribution >= 0.6 is 31.9 Å². The third-order valence-electron chi connectivity index (χ3n) is 3.97. The van der Waals surface area contributed by atoms with Crippen LogP contribution in [0.2, 0.25) is 0 Å². The summed E-state index contributed by atoms with van der Waals surface area (Å²) in [5, 5.41) is 3.38. The molecule has 3 aromatic rings. The lowest BCUT2D eigenvalue weighted by atomic mass is 10.2. The van der Waals surface area contributed by atoms with Crippen LogP contribution in [0.5, 0.6) is 11.5 Å². The monoisotopic (exact) mass is 493 g/mol. The Morgan fingerprint density at radius 1 is 0.926 bits per heavy atom. The van der Waals surface area contributed by atoms with Crippen LogP contribution in [-0.2, 0) is 13.2 Å². The standard InChI is InChI=1S/C21H18Br2FNO2/c1-26-20-10-15(12-25-18-8-4-16(22)5-9-18)19(23)11-21(20)27-13-14-2-6-17(24)7-3-14/h2-11,25H,12-13H2,1H3. The molecule has 0 spiro atoms. The average molecular weight is 495 g/mol. The predicted octanol–water partition coefficient (Wildman–Crippen LogP) is 6.55. The van der Waals surface area contributed by atoms with E-state index in [1.54, 1.807) is 19.2 Å². The van der Waals surface area contributed by atoms with Gasteiger partial charge in [0.1, 0.15) is 12.4 Å². The van der Waals surface area contributed by atoms with Crippen LogP contribution in [0.3, 0.4) is 0 Å². The summed E-state index contributed by atoms with van der Waals surface area (Å²) in [6.45, 7) is 0.969. The van der Waals surface area contributed by atoms with Crippen LogP contribution in [0.15, 0.2) is 69.6 Å². The second kappa shape index (κ2) is 9.24. The number of hydrogen-bond donors (Lipinski definition) is 1. The van der Waals surface area contributed by atoms with Crippen molar-refractivity contribution >= 4 is 37.5 Å². The lowest BCUT2D eigenvalue weighted by Gasteiger charge is -2.15. The van der Waals surface area contributed by atoms with Gasteiger partial charge in [-0.15, -0.1) is 0 Å². The summed E-state index contributed by atoms with van der Waals surface area (Å²) in [5.74, 6) is 1.01. The largest absolute Gasteiger partial charge is 0.493 e. The Balaban J connectivity index is 1.70. The van der Waals surface area contributed by atoms with Crippen molar-refractivity contribution < 1.29 is 13.9 Å². The fourth-order valence-electron chi connectivity index (χ4n) is 2.49. The molecular formula is C21H18Br2FNO2. The normalized spacial score (nSPS) is 10.5. The second-order valence-electron chi connectivity index (χ2n) is 5.87. The molecule has 0 bridgehead atoms. The van der Waals surface area contributed by atoms with Gasteiger partial charge < -0.3 is 14.8 Å². The number of benzene rings is 3. The zero-order valence-corrected chi connectivity index (χ0v) is 17.8. The topological polar surface area (TPSA) is 30.5 Å². The van der Waals surface area contributed by atoms with E-state index in [-0.39, 0.29) is 5.82 Å². The Hall–Kier alpha value is -2.05. The van der Waals surface area contributed by atoms with Crippen molar-refractivity contribution in [1.29, 1.82) is 0 Å². The minimum atomic E-state index is -0.262. The van der Waals surface area contributed by atoms with E-state index in [0.717, 1.165) is 25.8 Å². The lowest BCUT2D eigenvalue weighted by Crippen LogP contribution is -2.03. The van der Waals surface area contributed by atoms with E-state index >= 15 is 0 Å². The highest BCUT2D eigenvalue weighted by Crippen LogP contribution is 2.34. The second-order valence-corrected chi connectivity index (χ2v) is 7.64. The summed E-state index contributed by atoms with van der Waals surface area (Å²) in [4.78, 5) is 0. The number of methoxy groups -OCH3 is 1. The first-order valence-corrected chi connectivity index (χ1v) is 9.87. The molecule has 0 atom stereocenters. The van der Waals surface area contributed by atoms with Crippen molar-refractivity contribution in [3.8, 4) is 11.5 Å². The van der Waals surface area contributed by atoms with E-state index in [4.69, 9.17) is 9.47 Å². The minimum Gasteiger partial charge on any atom is -0.493 e. The molecule has 0 amide bonds. The van der Waals surface area contributed by atoms with E-state index in [2.05, 4.69) is 37.2 Å². The quantitative estimate of drug-likeness (QED) is 0.404. The predicted molar refractivity (Wildman–Crippen MR) is 113 cm³/mol. The maximum absolute atomic E-state index is 13.0. The van der Waals surface area contributed by atoms with Gasteiger partial charge in [0.25, 0.3) is 0 Å². The van der Waals surface area contributed by atoms with Gasteiger partial charge in [-0.05, 0) is 59.7 Å². The highest BCUT2D eigenvalue weighted by Gasteiger charge is 2.11. The summed E-state index contributed by atoms with van der Waals surface area (Å²) in [5.41, 5.74) is 2.96. The molecule has 27 heavy (non-hydrogen) atoms. The maximum atomic E-state index is 13.0. The lowest BCUT2D eigenvalue weighted by molar-refractivity contribution is 0.284. The fraction of sp³-hybridized carbons (Fsp3) is 0.143. The number of halogens is 3. The maximum Gasteiger partial charge on any atom is 0.162 e. The van der Waals surface area contributed by atoms with Gasteiger partial charge in [-0.1, -0.05) is 44.0 Å². The van der Waals surface area contributed by atoms with Crippen LogP contribution in [-0.4, -0.2) is 7.11 Å². The molecule has 3 aromatic carbocycles. The molecule has 1 N–H and O–H groups in total. The van der Waals surface area contributed by atoms with E-state index < -0.39 is 0 Å². The molecule has 0 saturated heterocycles. The summed E-state index contributed by atoms with van der Waals surface area (Å²) >= 11 is 7.03. The van der Waals surface area contributed by atoms with Crippen molar-refractivity contribution in [2.24, 2.45) is 0 Å². The van der Waals surface area contributed by atoms with Gasteiger partial charge >= 0.3 is 0 Å². The van der Waals surface area contributed by atoms with Gasteiger partial charge in [-0.2, -0.15) is 0 Å². The Kier molecular flexibility index (Phi) is 6.74. The number of ether oxygens (including phenoxy) is 2. The van der Waals surface area contributed by atoms with E-state index in [1.165, 1.54) is 12.1 Å². The average Bonchev–Trinajstić information content (AvgIpc) is 2.68. The molecule has 0 fully saturated rings. The molecule has 0 unspecified atom stereocenters. The van der Waals surface area contributed by atoms with Gasteiger partial charge in [0.15, 0.2) is 11.5 Å². The van der Waals surface area contributed by atoms with E-state index in [9.17, 15) is 4.39 Å². The Bertz CT molecular complexity index is 899. The van der Waals surface area contributed by atoms with Crippen molar-refractivity contribution in [2.75, 3.05) is 12.4 Å². The Morgan fingerprint density at radius 3 is 2.30 bits per heavy atom. The van der Waals surface area contributed by atoms with Crippen LogP contribution in [0, 0.1) is 5.82 Å². The number of anilines is 1. The van der Waals surface area contributed by atoms with E-state index in [0.29, 0.717) is 24.7 Å². The molecule has 140 valence electrons. The van der Waals surface area contributed by atoms with E-state index in [1.807, 2.05) is 36.4 Å². The zero-order valence-electron chi connectivity index (χ0n) is 14.6. The first kappa shape index (κ1) is 19.7.